The number of sulfonamides is 1. The molecule has 1 aromatic rings. The van der Waals surface area contributed by atoms with Crippen LogP contribution in [-0.4, -0.2) is 46.0 Å². The molecule has 8 heteroatoms. The summed E-state index contributed by atoms with van der Waals surface area (Å²) in [5, 5.41) is 10.0. The van der Waals surface area contributed by atoms with E-state index in [-0.39, 0.29) is 23.7 Å². The number of rotatable bonds is 5. The maximum Gasteiger partial charge on any atom is 0.240 e. The van der Waals surface area contributed by atoms with Crippen molar-refractivity contribution in [2.75, 3.05) is 32.6 Å². The number of nitrogens with two attached hydrogens (primary N) is 1. The zero-order valence-electron chi connectivity index (χ0n) is 11.1. The SMILES string of the molecule is COc1ccc(S(=O)(=O)NCC2(O)CCOC2)cc1N. The van der Waals surface area contributed by atoms with Crippen LogP contribution >= 0.6 is 0 Å². The maximum absolute atomic E-state index is 12.1. The van der Waals surface area contributed by atoms with Crippen LogP contribution in [0.1, 0.15) is 6.42 Å². The van der Waals surface area contributed by atoms with Crippen molar-refractivity contribution in [2.24, 2.45) is 0 Å². The quantitative estimate of drug-likeness (QED) is 0.644. The van der Waals surface area contributed by atoms with E-state index in [0.29, 0.717) is 18.8 Å². The van der Waals surface area contributed by atoms with E-state index >= 15 is 0 Å². The van der Waals surface area contributed by atoms with Crippen LogP contribution in [-0.2, 0) is 14.8 Å². The number of nitrogen functional groups attached to an aromatic ring is 1. The standard InChI is InChI=1S/C12H18N2O5S/c1-18-11-3-2-9(6-10(11)13)20(16,17)14-7-12(15)4-5-19-8-12/h2-3,6,14-15H,4-5,7-8,13H2,1H3. The van der Waals surface area contributed by atoms with Crippen LogP contribution in [0.3, 0.4) is 0 Å². The van der Waals surface area contributed by atoms with E-state index in [2.05, 4.69) is 4.72 Å². The van der Waals surface area contributed by atoms with Crippen LogP contribution in [0.4, 0.5) is 5.69 Å². The van der Waals surface area contributed by atoms with E-state index in [0.717, 1.165) is 0 Å². The topological polar surface area (TPSA) is 111 Å². The lowest BCUT2D eigenvalue weighted by atomic mass is 10.1. The van der Waals surface area contributed by atoms with E-state index in [1.807, 2.05) is 0 Å². The van der Waals surface area contributed by atoms with Gasteiger partial charge in [0.15, 0.2) is 0 Å². The first-order valence-electron chi connectivity index (χ1n) is 6.10. The summed E-state index contributed by atoms with van der Waals surface area (Å²) in [6.07, 6.45) is 0.403. The van der Waals surface area contributed by atoms with Crippen molar-refractivity contribution < 1.29 is 23.0 Å². The van der Waals surface area contributed by atoms with Crippen LogP contribution in [0.5, 0.6) is 5.75 Å². The molecule has 1 aliphatic rings. The predicted molar refractivity (Wildman–Crippen MR) is 73.0 cm³/mol. The fourth-order valence-electron chi connectivity index (χ4n) is 1.93. The number of anilines is 1. The fourth-order valence-corrected chi connectivity index (χ4v) is 3.08. The Bertz CT molecular complexity index is 582. The van der Waals surface area contributed by atoms with E-state index < -0.39 is 15.6 Å². The molecule has 1 aliphatic heterocycles. The van der Waals surface area contributed by atoms with Crippen molar-refractivity contribution in [2.45, 2.75) is 16.9 Å². The van der Waals surface area contributed by atoms with Gasteiger partial charge in [0, 0.05) is 19.6 Å². The molecule has 1 aromatic carbocycles. The molecule has 4 N–H and O–H groups in total. The minimum absolute atomic E-state index is 0.0262. The highest BCUT2D eigenvalue weighted by Gasteiger charge is 2.33. The molecule has 1 saturated heterocycles. The summed E-state index contributed by atoms with van der Waals surface area (Å²) in [4.78, 5) is 0.0262. The highest BCUT2D eigenvalue weighted by Crippen LogP contribution is 2.24. The highest BCUT2D eigenvalue weighted by molar-refractivity contribution is 7.89. The molecule has 0 aromatic heterocycles. The van der Waals surface area contributed by atoms with Crippen LogP contribution in [0.2, 0.25) is 0 Å². The van der Waals surface area contributed by atoms with Gasteiger partial charge in [-0.25, -0.2) is 13.1 Å². The molecular formula is C12H18N2O5S. The average Bonchev–Trinajstić information content (AvgIpc) is 2.84. The Morgan fingerprint density at radius 2 is 2.30 bits per heavy atom. The summed E-state index contributed by atoms with van der Waals surface area (Å²) < 4.78 is 36.6. The molecule has 1 atom stereocenters. The molecule has 0 saturated carbocycles. The molecular weight excluding hydrogens is 284 g/mol. The summed E-state index contributed by atoms with van der Waals surface area (Å²) in [7, 11) is -2.28. The molecule has 0 spiro atoms. The van der Waals surface area contributed by atoms with Crippen molar-refractivity contribution in [1.82, 2.24) is 4.72 Å². The first kappa shape index (κ1) is 15.0. The van der Waals surface area contributed by atoms with Crippen LogP contribution in [0, 0.1) is 0 Å². The molecule has 0 aliphatic carbocycles. The molecule has 1 unspecified atom stereocenters. The summed E-state index contributed by atoms with van der Waals surface area (Å²) in [5.41, 5.74) is 4.77. The van der Waals surface area contributed by atoms with Crippen molar-refractivity contribution >= 4 is 15.7 Å². The molecule has 1 heterocycles. The minimum atomic E-state index is -3.73. The van der Waals surface area contributed by atoms with Gasteiger partial charge in [-0.1, -0.05) is 0 Å². The molecule has 2 rings (SSSR count). The van der Waals surface area contributed by atoms with Crippen LogP contribution < -0.4 is 15.2 Å². The number of ether oxygens (including phenoxy) is 2. The van der Waals surface area contributed by atoms with Gasteiger partial charge in [-0.2, -0.15) is 0 Å². The van der Waals surface area contributed by atoms with Crippen LogP contribution in [0.25, 0.3) is 0 Å². The Labute approximate surface area is 117 Å². The van der Waals surface area contributed by atoms with Crippen molar-refractivity contribution in [3.05, 3.63) is 18.2 Å². The Morgan fingerprint density at radius 1 is 1.55 bits per heavy atom. The Kier molecular flexibility index (Phi) is 4.19. The molecule has 7 nitrogen and oxygen atoms in total. The van der Waals surface area contributed by atoms with Gasteiger partial charge < -0.3 is 20.3 Å². The van der Waals surface area contributed by atoms with Crippen molar-refractivity contribution in [3.63, 3.8) is 0 Å². The minimum Gasteiger partial charge on any atom is -0.495 e. The van der Waals surface area contributed by atoms with E-state index in [1.54, 1.807) is 0 Å². The number of aliphatic hydroxyl groups is 1. The van der Waals surface area contributed by atoms with E-state index in [1.165, 1.54) is 25.3 Å². The largest absolute Gasteiger partial charge is 0.495 e. The summed E-state index contributed by atoms with van der Waals surface area (Å²) >= 11 is 0. The number of hydrogen-bond acceptors (Lipinski definition) is 6. The third-order valence-electron chi connectivity index (χ3n) is 3.19. The lowest BCUT2D eigenvalue weighted by Crippen LogP contribution is -2.43. The zero-order valence-corrected chi connectivity index (χ0v) is 11.9. The number of hydrogen-bond donors (Lipinski definition) is 3. The second kappa shape index (κ2) is 5.57. The van der Waals surface area contributed by atoms with Gasteiger partial charge in [0.2, 0.25) is 10.0 Å². The summed E-state index contributed by atoms with van der Waals surface area (Å²) in [5.74, 6) is 0.409. The first-order valence-corrected chi connectivity index (χ1v) is 7.58. The molecule has 0 bridgehead atoms. The highest BCUT2D eigenvalue weighted by atomic mass is 32.2. The third kappa shape index (κ3) is 3.21. The Morgan fingerprint density at radius 3 is 2.85 bits per heavy atom. The summed E-state index contributed by atoms with van der Waals surface area (Å²) in [6.45, 7) is 0.454. The van der Waals surface area contributed by atoms with Crippen molar-refractivity contribution in [1.29, 1.82) is 0 Å². The lowest BCUT2D eigenvalue weighted by molar-refractivity contribution is 0.0314. The third-order valence-corrected chi connectivity index (χ3v) is 4.58. The summed E-state index contributed by atoms with van der Waals surface area (Å²) in [6, 6.07) is 4.19. The number of methoxy groups -OCH3 is 1. The Balaban J connectivity index is 2.12. The normalized spacial score (nSPS) is 22.9. The first-order chi connectivity index (χ1) is 9.36. The maximum atomic E-state index is 12.1. The molecule has 0 amide bonds. The zero-order chi connectivity index (χ0) is 14.8. The Hall–Kier alpha value is -1.35. The van der Waals surface area contributed by atoms with Crippen molar-refractivity contribution in [3.8, 4) is 5.75 Å². The number of nitrogens with one attached hydrogen (secondary N) is 1. The second-order valence-electron chi connectivity index (χ2n) is 4.76. The molecule has 112 valence electrons. The van der Waals surface area contributed by atoms with Gasteiger partial charge in [0.25, 0.3) is 0 Å². The van der Waals surface area contributed by atoms with E-state index in [9.17, 15) is 13.5 Å². The van der Waals surface area contributed by atoms with Crippen LogP contribution in [0.15, 0.2) is 23.1 Å². The van der Waals surface area contributed by atoms with Gasteiger partial charge in [-0.3, -0.25) is 0 Å². The predicted octanol–water partition coefficient (Wildman–Crippen LogP) is -0.293. The van der Waals surface area contributed by atoms with Gasteiger partial charge in [0.1, 0.15) is 11.4 Å². The lowest BCUT2D eigenvalue weighted by Gasteiger charge is -2.20. The van der Waals surface area contributed by atoms with Gasteiger partial charge in [-0.05, 0) is 18.2 Å². The monoisotopic (exact) mass is 302 g/mol. The van der Waals surface area contributed by atoms with Gasteiger partial charge in [-0.15, -0.1) is 0 Å². The molecule has 20 heavy (non-hydrogen) atoms. The molecule has 1 fully saturated rings. The molecule has 0 radical (unpaired) electrons. The second-order valence-corrected chi connectivity index (χ2v) is 6.52. The van der Waals surface area contributed by atoms with Gasteiger partial charge in [0.05, 0.1) is 24.3 Å². The fraction of sp³-hybridized carbons (Fsp3) is 0.500. The average molecular weight is 302 g/mol. The van der Waals surface area contributed by atoms with Gasteiger partial charge >= 0.3 is 0 Å². The number of benzene rings is 1. The van der Waals surface area contributed by atoms with E-state index in [4.69, 9.17) is 15.2 Å². The smallest absolute Gasteiger partial charge is 0.240 e.